The van der Waals surface area contributed by atoms with E-state index in [2.05, 4.69) is 15.5 Å². The van der Waals surface area contributed by atoms with Gasteiger partial charge in [0.25, 0.3) is 0 Å². The first kappa shape index (κ1) is 13.6. The number of hydrogen-bond acceptors (Lipinski definition) is 4. The highest BCUT2D eigenvalue weighted by atomic mass is 35.5. The van der Waals surface area contributed by atoms with E-state index in [4.69, 9.17) is 17.3 Å². The van der Waals surface area contributed by atoms with Gasteiger partial charge in [0.05, 0.1) is 16.4 Å². The maximum atomic E-state index is 5.97. The highest BCUT2D eigenvalue weighted by Gasteiger charge is 2.15. The number of rotatable bonds is 2. The standard InChI is InChI=1S/C15H14ClN5/c1-9-4-3-5-10(2)14(9)21-15(18-19-20-21)11-6-7-12(16)13(17)8-11/h3-8H,17H2,1-2H3. The summed E-state index contributed by atoms with van der Waals surface area (Å²) in [7, 11) is 0. The van der Waals surface area contributed by atoms with E-state index in [0.29, 0.717) is 16.5 Å². The summed E-state index contributed by atoms with van der Waals surface area (Å²) >= 11 is 5.97. The molecule has 3 aromatic rings. The molecule has 5 nitrogen and oxygen atoms in total. The van der Waals surface area contributed by atoms with E-state index in [1.807, 2.05) is 38.1 Å². The van der Waals surface area contributed by atoms with Crippen molar-refractivity contribution in [1.82, 2.24) is 20.2 Å². The molecule has 3 rings (SSSR count). The SMILES string of the molecule is Cc1cccc(C)c1-n1nnnc1-c1ccc(Cl)c(N)c1. The van der Waals surface area contributed by atoms with E-state index < -0.39 is 0 Å². The van der Waals surface area contributed by atoms with Crippen molar-refractivity contribution in [1.29, 1.82) is 0 Å². The molecule has 21 heavy (non-hydrogen) atoms. The molecule has 1 aromatic heterocycles. The van der Waals surface area contributed by atoms with Crippen molar-refractivity contribution in [2.75, 3.05) is 5.73 Å². The number of aromatic nitrogens is 4. The number of tetrazole rings is 1. The molecule has 0 saturated heterocycles. The largest absolute Gasteiger partial charge is 0.398 e. The molecule has 106 valence electrons. The molecule has 0 aliphatic rings. The van der Waals surface area contributed by atoms with Gasteiger partial charge in [-0.1, -0.05) is 29.8 Å². The van der Waals surface area contributed by atoms with Crippen LogP contribution in [-0.4, -0.2) is 20.2 Å². The fraction of sp³-hybridized carbons (Fsp3) is 0.133. The second-order valence-electron chi connectivity index (χ2n) is 4.89. The molecular formula is C15H14ClN5. The van der Waals surface area contributed by atoms with Crippen molar-refractivity contribution < 1.29 is 0 Å². The molecular weight excluding hydrogens is 286 g/mol. The predicted molar refractivity (Wildman–Crippen MR) is 83.5 cm³/mol. The van der Waals surface area contributed by atoms with E-state index in [1.165, 1.54) is 0 Å². The zero-order valence-electron chi connectivity index (χ0n) is 11.7. The molecule has 0 atom stereocenters. The summed E-state index contributed by atoms with van der Waals surface area (Å²) in [6.07, 6.45) is 0. The summed E-state index contributed by atoms with van der Waals surface area (Å²) in [5.74, 6) is 0.635. The molecule has 0 saturated carbocycles. The monoisotopic (exact) mass is 299 g/mol. The summed E-state index contributed by atoms with van der Waals surface area (Å²) in [4.78, 5) is 0. The molecule has 0 spiro atoms. The fourth-order valence-corrected chi connectivity index (χ4v) is 2.46. The Hall–Kier alpha value is -2.40. The van der Waals surface area contributed by atoms with Gasteiger partial charge in [0.15, 0.2) is 5.82 Å². The number of anilines is 1. The Labute approximate surface area is 127 Å². The van der Waals surface area contributed by atoms with Crippen molar-refractivity contribution in [3.05, 3.63) is 52.5 Å². The Morgan fingerprint density at radius 2 is 1.81 bits per heavy atom. The minimum absolute atomic E-state index is 0.505. The molecule has 2 aromatic carbocycles. The average Bonchev–Trinajstić information content (AvgIpc) is 2.91. The normalized spacial score (nSPS) is 10.8. The minimum atomic E-state index is 0.505. The molecule has 2 N–H and O–H groups in total. The van der Waals surface area contributed by atoms with Gasteiger partial charge in [-0.2, -0.15) is 4.68 Å². The van der Waals surface area contributed by atoms with Gasteiger partial charge < -0.3 is 5.73 Å². The van der Waals surface area contributed by atoms with Crippen molar-refractivity contribution in [3.63, 3.8) is 0 Å². The zero-order chi connectivity index (χ0) is 15.0. The van der Waals surface area contributed by atoms with Gasteiger partial charge in [0.2, 0.25) is 0 Å². The van der Waals surface area contributed by atoms with Crippen molar-refractivity contribution >= 4 is 17.3 Å². The van der Waals surface area contributed by atoms with E-state index >= 15 is 0 Å². The summed E-state index contributed by atoms with van der Waals surface area (Å²) in [6, 6.07) is 11.5. The van der Waals surface area contributed by atoms with E-state index in [9.17, 15) is 0 Å². The molecule has 0 aliphatic carbocycles. The van der Waals surface area contributed by atoms with Gasteiger partial charge in [-0.25, -0.2) is 0 Å². The molecule has 0 aliphatic heterocycles. The molecule has 0 radical (unpaired) electrons. The van der Waals surface area contributed by atoms with Crippen LogP contribution in [0, 0.1) is 13.8 Å². The van der Waals surface area contributed by atoms with Crippen LogP contribution in [0.2, 0.25) is 5.02 Å². The lowest BCUT2D eigenvalue weighted by Crippen LogP contribution is -2.04. The van der Waals surface area contributed by atoms with Crippen LogP contribution < -0.4 is 5.73 Å². The number of para-hydroxylation sites is 1. The number of halogens is 1. The number of benzene rings is 2. The molecule has 0 amide bonds. The maximum Gasteiger partial charge on any atom is 0.187 e. The van der Waals surface area contributed by atoms with Crippen LogP contribution in [0.5, 0.6) is 0 Å². The summed E-state index contributed by atoms with van der Waals surface area (Å²) in [5.41, 5.74) is 10.4. The number of aryl methyl sites for hydroxylation is 2. The summed E-state index contributed by atoms with van der Waals surface area (Å²) in [6.45, 7) is 4.06. The lowest BCUT2D eigenvalue weighted by Gasteiger charge is -2.11. The molecule has 6 heteroatoms. The third-order valence-corrected chi connectivity index (χ3v) is 3.72. The minimum Gasteiger partial charge on any atom is -0.398 e. The smallest absolute Gasteiger partial charge is 0.187 e. The fourth-order valence-electron chi connectivity index (χ4n) is 2.34. The Bertz CT molecular complexity index is 789. The third-order valence-electron chi connectivity index (χ3n) is 3.38. The molecule has 0 bridgehead atoms. The highest BCUT2D eigenvalue weighted by molar-refractivity contribution is 6.33. The number of nitrogens with zero attached hydrogens (tertiary/aromatic N) is 4. The summed E-state index contributed by atoms with van der Waals surface area (Å²) in [5, 5.41) is 12.6. The number of nitrogens with two attached hydrogens (primary N) is 1. The van der Waals surface area contributed by atoms with Gasteiger partial charge >= 0.3 is 0 Å². The lowest BCUT2D eigenvalue weighted by molar-refractivity contribution is 0.783. The van der Waals surface area contributed by atoms with Crippen molar-refractivity contribution in [2.24, 2.45) is 0 Å². The van der Waals surface area contributed by atoms with Gasteiger partial charge in [-0.15, -0.1) is 5.10 Å². The highest BCUT2D eigenvalue weighted by Crippen LogP contribution is 2.28. The predicted octanol–water partition coefficient (Wildman–Crippen LogP) is 3.18. The van der Waals surface area contributed by atoms with E-state index in [1.54, 1.807) is 16.8 Å². The van der Waals surface area contributed by atoms with Gasteiger partial charge in [-0.3, -0.25) is 0 Å². The van der Waals surface area contributed by atoms with Crippen LogP contribution in [0.25, 0.3) is 17.1 Å². The number of nitrogen functional groups attached to an aromatic ring is 1. The Kier molecular flexibility index (Phi) is 3.35. The number of hydrogen-bond donors (Lipinski definition) is 1. The second-order valence-corrected chi connectivity index (χ2v) is 5.30. The van der Waals surface area contributed by atoms with Gasteiger partial charge in [0.1, 0.15) is 0 Å². The van der Waals surface area contributed by atoms with E-state index in [0.717, 1.165) is 22.4 Å². The van der Waals surface area contributed by atoms with Crippen LogP contribution in [0.3, 0.4) is 0 Å². The Morgan fingerprint density at radius 1 is 1.10 bits per heavy atom. The molecule has 1 heterocycles. The first-order valence-corrected chi connectivity index (χ1v) is 6.86. The lowest BCUT2D eigenvalue weighted by atomic mass is 10.1. The third kappa shape index (κ3) is 2.36. The first-order valence-electron chi connectivity index (χ1n) is 6.48. The van der Waals surface area contributed by atoms with Crippen molar-refractivity contribution in [2.45, 2.75) is 13.8 Å². The first-order chi connectivity index (χ1) is 10.1. The van der Waals surface area contributed by atoms with Crippen LogP contribution in [0.4, 0.5) is 5.69 Å². The Morgan fingerprint density at radius 3 is 2.48 bits per heavy atom. The molecule has 0 unspecified atom stereocenters. The van der Waals surface area contributed by atoms with Gasteiger partial charge in [-0.05, 0) is 53.6 Å². The van der Waals surface area contributed by atoms with Gasteiger partial charge in [0, 0.05) is 5.56 Å². The maximum absolute atomic E-state index is 5.97. The van der Waals surface area contributed by atoms with E-state index in [-0.39, 0.29) is 0 Å². The molecule has 0 fully saturated rings. The van der Waals surface area contributed by atoms with Crippen LogP contribution in [0.15, 0.2) is 36.4 Å². The quantitative estimate of drug-likeness (QED) is 0.738. The Balaban J connectivity index is 2.20. The topological polar surface area (TPSA) is 69.6 Å². The van der Waals surface area contributed by atoms with Crippen LogP contribution in [0.1, 0.15) is 11.1 Å². The zero-order valence-corrected chi connectivity index (χ0v) is 12.5. The average molecular weight is 300 g/mol. The van der Waals surface area contributed by atoms with Crippen LogP contribution >= 0.6 is 11.6 Å². The summed E-state index contributed by atoms with van der Waals surface area (Å²) < 4.78 is 1.73. The van der Waals surface area contributed by atoms with Crippen LogP contribution in [-0.2, 0) is 0 Å². The van der Waals surface area contributed by atoms with Crippen molar-refractivity contribution in [3.8, 4) is 17.1 Å². The second kappa shape index (κ2) is 5.18.